The third-order valence-electron chi connectivity index (χ3n) is 5.82. The van der Waals surface area contributed by atoms with Crippen LogP contribution in [0, 0.1) is 11.7 Å². The molecule has 5 rings (SSSR count). The smallest absolute Gasteiger partial charge is 0.128 e. The van der Waals surface area contributed by atoms with Crippen molar-refractivity contribution in [2.45, 2.75) is 29.0 Å². The molecule has 0 aromatic heterocycles. The number of nitrogens with one attached hydrogen (secondary N) is 1. The van der Waals surface area contributed by atoms with Crippen LogP contribution in [0.2, 0.25) is 0 Å². The van der Waals surface area contributed by atoms with E-state index in [1.807, 2.05) is 30.0 Å². The first-order valence-electron chi connectivity index (χ1n) is 9.78. The van der Waals surface area contributed by atoms with Crippen LogP contribution in [0.3, 0.4) is 0 Å². The van der Waals surface area contributed by atoms with E-state index in [-0.39, 0.29) is 11.9 Å². The van der Waals surface area contributed by atoms with Gasteiger partial charge in [-0.05, 0) is 47.7 Å². The Hall–Kier alpha value is -2.52. The highest BCUT2D eigenvalue weighted by Crippen LogP contribution is 2.50. The standard InChI is InChI=1S/C25H22FNS/c26-23-12-5-4-9-21(23)25-20-11-6-10-19(20)22-15-17(13-14-24(22)27-25)16-28-18-7-2-1-3-8-18/h1-10,12-15,19-20,25,27H,11,16H2/t19-,20-,25+/m0/s1. The molecule has 2 aliphatic rings. The fourth-order valence-corrected chi connectivity index (χ4v) is 5.31. The summed E-state index contributed by atoms with van der Waals surface area (Å²) in [5.74, 6) is 1.55. The Kier molecular flexibility index (Phi) is 4.69. The zero-order valence-corrected chi connectivity index (χ0v) is 16.3. The second kappa shape index (κ2) is 7.48. The summed E-state index contributed by atoms with van der Waals surface area (Å²) in [6.07, 6.45) is 5.55. The van der Waals surface area contributed by atoms with Crippen molar-refractivity contribution >= 4 is 17.4 Å². The van der Waals surface area contributed by atoms with Crippen molar-refractivity contribution in [3.05, 3.63) is 107 Å². The highest BCUT2D eigenvalue weighted by molar-refractivity contribution is 7.98. The van der Waals surface area contributed by atoms with E-state index in [2.05, 4.69) is 59.9 Å². The molecule has 1 aliphatic heterocycles. The Bertz CT molecular complexity index is 1010. The van der Waals surface area contributed by atoms with Gasteiger partial charge in [0.25, 0.3) is 0 Å². The fourth-order valence-electron chi connectivity index (χ4n) is 4.45. The molecule has 3 aromatic carbocycles. The van der Waals surface area contributed by atoms with Crippen LogP contribution < -0.4 is 5.32 Å². The van der Waals surface area contributed by atoms with E-state index in [0.717, 1.165) is 23.4 Å². The summed E-state index contributed by atoms with van der Waals surface area (Å²) in [7, 11) is 0. The molecule has 28 heavy (non-hydrogen) atoms. The van der Waals surface area contributed by atoms with E-state index in [1.54, 1.807) is 12.1 Å². The number of rotatable bonds is 4. The third-order valence-corrected chi connectivity index (χ3v) is 6.90. The monoisotopic (exact) mass is 387 g/mol. The van der Waals surface area contributed by atoms with Crippen molar-refractivity contribution in [3.8, 4) is 0 Å². The van der Waals surface area contributed by atoms with Gasteiger partial charge in [-0.2, -0.15) is 0 Å². The summed E-state index contributed by atoms with van der Waals surface area (Å²) in [5, 5.41) is 3.64. The maximum absolute atomic E-state index is 14.5. The first kappa shape index (κ1) is 17.6. The molecule has 0 amide bonds. The van der Waals surface area contributed by atoms with Gasteiger partial charge in [-0.1, -0.05) is 60.7 Å². The SMILES string of the molecule is Fc1ccccc1[C@@H]1Nc2ccc(CSc3ccccc3)cc2[C@H]2C=CC[C@@H]21. The zero-order valence-electron chi connectivity index (χ0n) is 15.5. The van der Waals surface area contributed by atoms with Gasteiger partial charge in [0.05, 0.1) is 6.04 Å². The van der Waals surface area contributed by atoms with Gasteiger partial charge in [-0.25, -0.2) is 4.39 Å². The number of benzene rings is 3. The number of allylic oxidation sites excluding steroid dienone is 2. The molecule has 1 aliphatic carbocycles. The average Bonchev–Trinajstić information content (AvgIpc) is 3.23. The summed E-state index contributed by atoms with van der Waals surface area (Å²) in [6.45, 7) is 0. The van der Waals surface area contributed by atoms with Crippen LogP contribution in [0.15, 0.2) is 89.8 Å². The quantitative estimate of drug-likeness (QED) is 0.384. The number of thioether (sulfide) groups is 1. The Morgan fingerprint density at radius 3 is 2.61 bits per heavy atom. The zero-order chi connectivity index (χ0) is 18.9. The molecule has 3 atom stereocenters. The Labute approximate surface area is 169 Å². The lowest BCUT2D eigenvalue weighted by molar-refractivity contribution is 0.413. The van der Waals surface area contributed by atoms with Crippen LogP contribution in [0.1, 0.15) is 35.1 Å². The van der Waals surface area contributed by atoms with Crippen molar-refractivity contribution in [2.24, 2.45) is 5.92 Å². The summed E-state index contributed by atoms with van der Waals surface area (Å²) in [4.78, 5) is 1.29. The molecular weight excluding hydrogens is 365 g/mol. The summed E-state index contributed by atoms with van der Waals surface area (Å²) < 4.78 is 14.5. The predicted molar refractivity (Wildman–Crippen MR) is 115 cm³/mol. The van der Waals surface area contributed by atoms with E-state index in [4.69, 9.17) is 0 Å². The Morgan fingerprint density at radius 2 is 1.75 bits per heavy atom. The summed E-state index contributed by atoms with van der Waals surface area (Å²) >= 11 is 1.86. The number of hydrogen-bond donors (Lipinski definition) is 1. The minimum absolute atomic E-state index is 0.0123. The molecule has 0 saturated carbocycles. The van der Waals surface area contributed by atoms with E-state index >= 15 is 0 Å². The molecule has 0 saturated heterocycles. The van der Waals surface area contributed by atoms with Crippen molar-refractivity contribution in [1.82, 2.24) is 0 Å². The molecule has 3 aromatic rings. The molecular formula is C25H22FNS. The highest BCUT2D eigenvalue weighted by atomic mass is 32.2. The minimum atomic E-state index is -0.120. The second-order valence-corrected chi connectivity index (χ2v) is 8.57. The molecule has 140 valence electrons. The lowest BCUT2D eigenvalue weighted by atomic mass is 9.76. The van der Waals surface area contributed by atoms with Crippen LogP contribution in [0.4, 0.5) is 10.1 Å². The number of hydrogen-bond acceptors (Lipinski definition) is 2. The molecule has 1 N–H and O–H groups in total. The van der Waals surface area contributed by atoms with E-state index in [0.29, 0.717) is 11.8 Å². The minimum Gasteiger partial charge on any atom is -0.378 e. The molecule has 0 fully saturated rings. The average molecular weight is 388 g/mol. The van der Waals surface area contributed by atoms with Crippen molar-refractivity contribution in [2.75, 3.05) is 5.32 Å². The Balaban J connectivity index is 1.43. The van der Waals surface area contributed by atoms with Crippen LogP contribution in [-0.2, 0) is 5.75 Å². The number of fused-ring (bicyclic) bond motifs is 3. The fraction of sp³-hybridized carbons (Fsp3) is 0.200. The van der Waals surface area contributed by atoms with Gasteiger partial charge in [0.2, 0.25) is 0 Å². The lowest BCUT2D eigenvalue weighted by Gasteiger charge is -2.38. The molecule has 1 heterocycles. The van der Waals surface area contributed by atoms with Gasteiger partial charge in [-0.15, -0.1) is 11.8 Å². The van der Waals surface area contributed by atoms with Crippen LogP contribution in [0.5, 0.6) is 0 Å². The van der Waals surface area contributed by atoms with Crippen LogP contribution in [0.25, 0.3) is 0 Å². The van der Waals surface area contributed by atoms with Gasteiger partial charge in [0, 0.05) is 27.8 Å². The van der Waals surface area contributed by atoms with Crippen molar-refractivity contribution in [3.63, 3.8) is 0 Å². The predicted octanol–water partition coefficient (Wildman–Crippen LogP) is 6.94. The van der Waals surface area contributed by atoms with Gasteiger partial charge >= 0.3 is 0 Å². The highest BCUT2D eigenvalue weighted by Gasteiger charge is 2.38. The van der Waals surface area contributed by atoms with E-state index in [9.17, 15) is 4.39 Å². The van der Waals surface area contributed by atoms with Crippen molar-refractivity contribution < 1.29 is 4.39 Å². The topological polar surface area (TPSA) is 12.0 Å². The van der Waals surface area contributed by atoms with Gasteiger partial charge in [0.15, 0.2) is 0 Å². The molecule has 0 unspecified atom stereocenters. The summed E-state index contributed by atoms with van der Waals surface area (Å²) in [6, 6.07) is 24.4. The third kappa shape index (κ3) is 3.24. The Morgan fingerprint density at radius 1 is 0.929 bits per heavy atom. The van der Waals surface area contributed by atoms with Gasteiger partial charge in [-0.3, -0.25) is 0 Å². The summed E-state index contributed by atoms with van der Waals surface area (Å²) in [5.41, 5.74) is 4.58. The maximum Gasteiger partial charge on any atom is 0.128 e. The number of halogens is 1. The maximum atomic E-state index is 14.5. The second-order valence-electron chi connectivity index (χ2n) is 7.52. The van der Waals surface area contributed by atoms with Crippen LogP contribution >= 0.6 is 11.8 Å². The first-order valence-corrected chi connectivity index (χ1v) is 10.8. The van der Waals surface area contributed by atoms with Gasteiger partial charge < -0.3 is 5.32 Å². The molecule has 1 nitrogen and oxygen atoms in total. The lowest BCUT2D eigenvalue weighted by Crippen LogP contribution is -2.29. The molecule has 0 spiro atoms. The first-order chi connectivity index (χ1) is 13.8. The van der Waals surface area contributed by atoms with Gasteiger partial charge in [0.1, 0.15) is 5.82 Å². The molecule has 3 heteroatoms. The normalized spacial score (nSPS) is 22.4. The van der Waals surface area contributed by atoms with Crippen molar-refractivity contribution in [1.29, 1.82) is 0 Å². The van der Waals surface area contributed by atoms with E-state index < -0.39 is 0 Å². The molecule has 0 radical (unpaired) electrons. The van der Waals surface area contributed by atoms with Crippen LogP contribution in [-0.4, -0.2) is 0 Å². The number of anilines is 1. The molecule has 0 bridgehead atoms. The van der Waals surface area contributed by atoms with E-state index in [1.165, 1.54) is 16.0 Å². The largest absolute Gasteiger partial charge is 0.378 e.